The van der Waals surface area contributed by atoms with E-state index in [9.17, 15) is 13.2 Å². The number of anilines is 1. The normalized spacial score (nSPS) is 21.5. The molecule has 4 rings (SSSR count). The zero-order valence-corrected chi connectivity index (χ0v) is 16.5. The summed E-state index contributed by atoms with van der Waals surface area (Å²) < 4.78 is 25.2. The lowest BCUT2D eigenvalue weighted by Crippen LogP contribution is -2.16. The summed E-state index contributed by atoms with van der Waals surface area (Å²) in [6.07, 6.45) is 4.89. The average Bonchev–Trinajstić information content (AvgIpc) is 3.22. The molecule has 1 saturated heterocycles. The molecule has 0 spiro atoms. The topological polar surface area (TPSA) is 94.0 Å². The molecular formula is C17H22N4O3S2. The predicted molar refractivity (Wildman–Crippen MR) is 101 cm³/mol. The molecule has 0 bridgehead atoms. The minimum absolute atomic E-state index is 0.0925. The van der Waals surface area contributed by atoms with Crippen LogP contribution in [0.1, 0.15) is 57.6 Å². The number of hydrogen-bond acceptors (Lipinski definition) is 6. The van der Waals surface area contributed by atoms with Crippen LogP contribution in [0.2, 0.25) is 0 Å². The van der Waals surface area contributed by atoms with Crippen LogP contribution in [0, 0.1) is 13.8 Å². The van der Waals surface area contributed by atoms with E-state index in [-0.39, 0.29) is 23.5 Å². The second-order valence-electron chi connectivity index (χ2n) is 7.10. The van der Waals surface area contributed by atoms with E-state index in [2.05, 4.69) is 15.4 Å². The molecule has 26 heavy (non-hydrogen) atoms. The van der Waals surface area contributed by atoms with Crippen molar-refractivity contribution < 1.29 is 13.2 Å². The fourth-order valence-electron chi connectivity index (χ4n) is 3.88. The Morgan fingerprint density at radius 2 is 2.04 bits per heavy atom. The smallest absolute Gasteiger partial charge is 0.261 e. The Hall–Kier alpha value is -1.74. The molecule has 0 radical (unpaired) electrons. The average molecular weight is 395 g/mol. The van der Waals surface area contributed by atoms with Crippen LogP contribution in [0.25, 0.3) is 0 Å². The van der Waals surface area contributed by atoms with Gasteiger partial charge in [0.25, 0.3) is 5.91 Å². The zero-order valence-electron chi connectivity index (χ0n) is 14.9. The summed E-state index contributed by atoms with van der Waals surface area (Å²) in [4.78, 5) is 18.6. The van der Waals surface area contributed by atoms with E-state index < -0.39 is 9.84 Å². The first-order valence-electron chi connectivity index (χ1n) is 8.90. The first-order chi connectivity index (χ1) is 12.3. The lowest BCUT2D eigenvalue weighted by atomic mass is 10.0. The van der Waals surface area contributed by atoms with Crippen LogP contribution in [0.3, 0.4) is 0 Å². The molecular weight excluding hydrogens is 372 g/mol. The van der Waals surface area contributed by atoms with Gasteiger partial charge in [0.05, 0.1) is 34.5 Å². The van der Waals surface area contributed by atoms with Crippen LogP contribution in [-0.4, -0.2) is 40.6 Å². The number of carbonyl (C=O) groups excluding carboxylic acids is 1. The molecule has 2 aliphatic rings. The van der Waals surface area contributed by atoms with Gasteiger partial charge in [-0.15, -0.1) is 11.3 Å². The van der Waals surface area contributed by atoms with Crippen molar-refractivity contribution in [2.75, 3.05) is 16.8 Å². The van der Waals surface area contributed by atoms with Crippen LogP contribution < -0.4 is 5.32 Å². The van der Waals surface area contributed by atoms with Crippen molar-refractivity contribution >= 4 is 32.2 Å². The third-order valence-corrected chi connectivity index (χ3v) is 8.00. The first kappa shape index (κ1) is 17.7. The van der Waals surface area contributed by atoms with Crippen LogP contribution in [0.5, 0.6) is 0 Å². The lowest BCUT2D eigenvalue weighted by molar-refractivity contribution is 0.102. The maximum atomic E-state index is 12.8. The molecule has 1 fully saturated rings. The van der Waals surface area contributed by atoms with Gasteiger partial charge in [0.2, 0.25) is 0 Å². The van der Waals surface area contributed by atoms with Crippen molar-refractivity contribution in [3.63, 3.8) is 0 Å². The Bertz CT molecular complexity index is 951. The molecule has 1 atom stereocenters. The number of nitrogens with zero attached hydrogens (tertiary/aromatic N) is 3. The van der Waals surface area contributed by atoms with Crippen molar-refractivity contribution in [2.45, 2.75) is 52.0 Å². The van der Waals surface area contributed by atoms with Crippen LogP contribution in [-0.2, 0) is 22.7 Å². The highest BCUT2D eigenvalue weighted by Crippen LogP contribution is 2.31. The van der Waals surface area contributed by atoms with Gasteiger partial charge in [0, 0.05) is 10.6 Å². The molecule has 1 amide bonds. The molecule has 0 aromatic carbocycles. The molecule has 9 heteroatoms. The SMILES string of the molecule is Cc1nn([C@H]2CCS(=O)(=O)C2)c(C)c1C(=O)Nc1nc2c(s1)CCCC2. The highest BCUT2D eigenvalue weighted by Gasteiger charge is 2.32. The van der Waals surface area contributed by atoms with Crippen LogP contribution in [0.15, 0.2) is 0 Å². The number of nitrogens with one attached hydrogen (secondary N) is 1. The summed E-state index contributed by atoms with van der Waals surface area (Å²) in [6, 6.07) is -0.188. The van der Waals surface area contributed by atoms with Gasteiger partial charge in [-0.2, -0.15) is 5.10 Å². The summed E-state index contributed by atoms with van der Waals surface area (Å²) in [6.45, 7) is 3.61. The summed E-state index contributed by atoms with van der Waals surface area (Å²) in [5, 5.41) is 8.01. The van der Waals surface area contributed by atoms with E-state index in [1.165, 1.54) is 11.3 Å². The van der Waals surface area contributed by atoms with E-state index in [1.54, 1.807) is 22.9 Å². The standard InChI is InChI=1S/C17H22N4O3S2/c1-10-15(11(2)21(20-10)12-7-8-26(23,24)9-12)16(22)19-17-18-13-5-3-4-6-14(13)25-17/h12H,3-9H2,1-2H3,(H,18,19,22)/t12-/m0/s1. The van der Waals surface area contributed by atoms with Crippen molar-refractivity contribution in [3.8, 4) is 0 Å². The van der Waals surface area contributed by atoms with Gasteiger partial charge < -0.3 is 0 Å². The van der Waals surface area contributed by atoms with E-state index in [0.29, 0.717) is 28.5 Å². The van der Waals surface area contributed by atoms with Crippen molar-refractivity contribution in [1.82, 2.24) is 14.8 Å². The molecule has 0 unspecified atom stereocenters. The third-order valence-electron chi connectivity index (χ3n) is 5.17. The quantitative estimate of drug-likeness (QED) is 0.863. The summed E-state index contributed by atoms with van der Waals surface area (Å²) in [7, 11) is -3.00. The predicted octanol–water partition coefficient (Wildman–Crippen LogP) is 2.45. The highest BCUT2D eigenvalue weighted by atomic mass is 32.2. The second-order valence-corrected chi connectivity index (χ2v) is 10.4. The zero-order chi connectivity index (χ0) is 18.5. The molecule has 2 aromatic rings. The Morgan fingerprint density at radius 1 is 1.27 bits per heavy atom. The fourth-order valence-corrected chi connectivity index (χ4v) is 6.62. The number of sulfone groups is 1. The molecule has 7 nitrogen and oxygen atoms in total. The molecule has 0 saturated carbocycles. The Morgan fingerprint density at radius 3 is 2.73 bits per heavy atom. The van der Waals surface area contributed by atoms with E-state index in [4.69, 9.17) is 0 Å². The fraction of sp³-hybridized carbons (Fsp3) is 0.588. The number of aromatic nitrogens is 3. The maximum Gasteiger partial charge on any atom is 0.261 e. The number of amides is 1. The molecule has 2 aromatic heterocycles. The monoisotopic (exact) mass is 394 g/mol. The molecule has 3 heterocycles. The molecule has 1 aliphatic carbocycles. The number of carbonyl (C=O) groups is 1. The molecule has 1 aliphatic heterocycles. The number of hydrogen-bond donors (Lipinski definition) is 1. The van der Waals surface area contributed by atoms with Gasteiger partial charge in [0.1, 0.15) is 0 Å². The van der Waals surface area contributed by atoms with Gasteiger partial charge in [-0.3, -0.25) is 14.8 Å². The van der Waals surface area contributed by atoms with Gasteiger partial charge in [0.15, 0.2) is 15.0 Å². The summed E-state index contributed by atoms with van der Waals surface area (Å²) in [5.41, 5.74) is 2.95. The molecule has 140 valence electrons. The van der Waals surface area contributed by atoms with E-state index in [0.717, 1.165) is 25.0 Å². The summed E-state index contributed by atoms with van der Waals surface area (Å²) in [5.74, 6) is 0.0513. The van der Waals surface area contributed by atoms with Gasteiger partial charge in [-0.1, -0.05) is 0 Å². The number of thiazole rings is 1. The van der Waals surface area contributed by atoms with E-state index in [1.807, 2.05) is 6.92 Å². The maximum absolute atomic E-state index is 12.8. The largest absolute Gasteiger partial charge is 0.298 e. The van der Waals surface area contributed by atoms with Crippen LogP contribution in [0.4, 0.5) is 5.13 Å². The van der Waals surface area contributed by atoms with Gasteiger partial charge >= 0.3 is 0 Å². The Balaban J connectivity index is 1.57. The highest BCUT2D eigenvalue weighted by molar-refractivity contribution is 7.91. The minimum Gasteiger partial charge on any atom is -0.298 e. The second kappa shape index (κ2) is 6.45. The van der Waals surface area contributed by atoms with Gasteiger partial charge in [-0.05, 0) is 46.0 Å². The Kier molecular flexibility index (Phi) is 4.38. The van der Waals surface area contributed by atoms with Crippen molar-refractivity contribution in [2.24, 2.45) is 0 Å². The van der Waals surface area contributed by atoms with E-state index >= 15 is 0 Å². The number of rotatable bonds is 3. The minimum atomic E-state index is -3.00. The lowest BCUT2D eigenvalue weighted by Gasteiger charge is -2.11. The van der Waals surface area contributed by atoms with Crippen molar-refractivity contribution in [1.29, 1.82) is 0 Å². The Labute approximate surface area is 156 Å². The summed E-state index contributed by atoms with van der Waals surface area (Å²) >= 11 is 1.55. The number of aryl methyl sites for hydroxylation is 3. The molecule has 1 N–H and O–H groups in total. The number of fused-ring (bicyclic) bond motifs is 1. The van der Waals surface area contributed by atoms with Gasteiger partial charge in [-0.25, -0.2) is 13.4 Å². The third kappa shape index (κ3) is 3.18. The van der Waals surface area contributed by atoms with Crippen LogP contribution >= 0.6 is 11.3 Å². The van der Waals surface area contributed by atoms with Crippen molar-refractivity contribution in [3.05, 3.63) is 27.5 Å². The first-order valence-corrected chi connectivity index (χ1v) is 11.5.